The molecule has 1 aromatic rings. The number of rotatable bonds is 1. The Labute approximate surface area is 82.5 Å². The van der Waals surface area contributed by atoms with Gasteiger partial charge in [-0.2, -0.15) is 0 Å². The van der Waals surface area contributed by atoms with Crippen molar-refractivity contribution in [3.63, 3.8) is 0 Å². The van der Waals surface area contributed by atoms with E-state index >= 15 is 0 Å². The van der Waals surface area contributed by atoms with E-state index in [1.807, 2.05) is 17.5 Å². The van der Waals surface area contributed by atoms with Crippen molar-refractivity contribution in [3.05, 3.63) is 11.1 Å². The summed E-state index contributed by atoms with van der Waals surface area (Å²) in [6.07, 6.45) is 1.99. The van der Waals surface area contributed by atoms with E-state index in [0.717, 1.165) is 0 Å². The second-order valence-electron chi connectivity index (χ2n) is 3.65. The van der Waals surface area contributed by atoms with Crippen LogP contribution in [0.15, 0.2) is 6.20 Å². The van der Waals surface area contributed by atoms with Gasteiger partial charge < -0.3 is 0 Å². The molecule has 11 heavy (non-hydrogen) atoms. The van der Waals surface area contributed by atoms with E-state index in [1.54, 1.807) is 0 Å². The van der Waals surface area contributed by atoms with E-state index in [9.17, 15) is 0 Å². The fourth-order valence-electron chi connectivity index (χ4n) is 0.733. The molecule has 0 aliphatic heterocycles. The van der Waals surface area contributed by atoms with Crippen molar-refractivity contribution in [2.45, 2.75) is 31.1 Å². The van der Waals surface area contributed by atoms with Gasteiger partial charge in [-0.3, -0.25) is 0 Å². The zero-order valence-corrected chi connectivity index (χ0v) is 11.1. The first-order valence-corrected chi connectivity index (χ1v) is 7.35. The normalized spacial score (nSPS) is 12.0. The zero-order chi connectivity index (χ0) is 8.48. The predicted octanol–water partition coefficient (Wildman–Crippen LogP) is 2.00. The molecule has 3 heteroatoms. The molecule has 0 fully saturated rings. The average Bonchev–Trinajstić information content (AvgIpc) is 2.10. The molecule has 60 valence electrons. The monoisotopic (exact) mass is 275 g/mol. The fourth-order valence-corrected chi connectivity index (χ4v) is 7.37. The molecular weight excluding hydrogens is 261 g/mol. The van der Waals surface area contributed by atoms with Gasteiger partial charge in [-0.15, -0.1) is 0 Å². The van der Waals surface area contributed by atoms with Crippen molar-refractivity contribution in [3.8, 4) is 0 Å². The molecule has 0 aromatic carbocycles. The number of thiazole rings is 1. The molecule has 0 bridgehead atoms. The minimum atomic E-state index is -0.421. The molecule has 0 amide bonds. The summed E-state index contributed by atoms with van der Waals surface area (Å²) in [4.78, 5) is 5.75. The van der Waals surface area contributed by atoms with Crippen LogP contribution in [-0.2, 0) is 0 Å². The van der Waals surface area contributed by atoms with E-state index in [2.05, 4.69) is 32.7 Å². The number of hydrogen-bond donors (Lipinski definition) is 0. The Morgan fingerprint density at radius 2 is 2.09 bits per heavy atom. The second kappa shape index (κ2) is 3.44. The molecular formula is C8H13NSSn. The molecule has 1 nitrogen and oxygen atoms in total. The molecule has 0 unspecified atom stereocenters. The van der Waals surface area contributed by atoms with Gasteiger partial charge in [0.2, 0.25) is 0 Å². The summed E-state index contributed by atoms with van der Waals surface area (Å²) >= 11 is 1.46. The third-order valence-corrected chi connectivity index (χ3v) is 6.51. The van der Waals surface area contributed by atoms with Gasteiger partial charge in [0, 0.05) is 0 Å². The summed E-state index contributed by atoms with van der Waals surface area (Å²) in [6.45, 7) is 9.07. The van der Waals surface area contributed by atoms with Gasteiger partial charge >= 0.3 is 82.7 Å². The summed E-state index contributed by atoms with van der Waals surface area (Å²) in [6, 6.07) is 0. The Morgan fingerprint density at radius 1 is 1.45 bits per heavy atom. The zero-order valence-electron chi connectivity index (χ0n) is 7.43. The van der Waals surface area contributed by atoms with Gasteiger partial charge in [0.05, 0.1) is 0 Å². The molecule has 1 aromatic heterocycles. The van der Waals surface area contributed by atoms with Crippen LogP contribution >= 0.6 is 11.3 Å². The Morgan fingerprint density at radius 3 is 2.45 bits per heavy atom. The Bertz CT molecular complexity index is 236. The van der Waals surface area contributed by atoms with Crippen LogP contribution in [0.2, 0.25) is 3.43 Å². The summed E-state index contributed by atoms with van der Waals surface area (Å²) in [5.41, 5.74) is 0. The van der Waals surface area contributed by atoms with E-state index in [-0.39, 0.29) is 0 Å². The molecule has 0 aliphatic carbocycles. The molecule has 0 saturated heterocycles. The van der Waals surface area contributed by atoms with Crippen LogP contribution < -0.4 is 3.02 Å². The van der Waals surface area contributed by atoms with E-state index in [0.29, 0.717) is 3.43 Å². The third kappa shape index (κ3) is 3.56. The fraction of sp³-hybridized carbons (Fsp3) is 0.625. The molecule has 0 saturated carbocycles. The molecule has 0 aliphatic rings. The van der Waals surface area contributed by atoms with Crippen LogP contribution in [0, 0.1) is 6.92 Å². The first-order chi connectivity index (χ1) is 4.97. The van der Waals surface area contributed by atoms with E-state index in [1.165, 1.54) is 7.90 Å². The second-order valence-corrected chi connectivity index (χ2v) is 12.3. The third-order valence-electron chi connectivity index (χ3n) is 1.10. The van der Waals surface area contributed by atoms with Gasteiger partial charge in [0.1, 0.15) is 0 Å². The van der Waals surface area contributed by atoms with Gasteiger partial charge in [-0.05, 0) is 0 Å². The van der Waals surface area contributed by atoms with Crippen LogP contribution in [-0.4, -0.2) is 26.1 Å². The van der Waals surface area contributed by atoms with Gasteiger partial charge in [0.25, 0.3) is 0 Å². The summed E-state index contributed by atoms with van der Waals surface area (Å²) < 4.78 is 1.96. The van der Waals surface area contributed by atoms with Crippen molar-refractivity contribution in [2.75, 3.05) is 0 Å². The van der Waals surface area contributed by atoms with Crippen molar-refractivity contribution in [1.82, 2.24) is 4.98 Å². The number of aromatic nitrogens is 1. The van der Waals surface area contributed by atoms with Gasteiger partial charge in [-0.25, -0.2) is 0 Å². The van der Waals surface area contributed by atoms with Crippen LogP contribution in [0.25, 0.3) is 0 Å². The van der Waals surface area contributed by atoms with Crippen molar-refractivity contribution < 1.29 is 0 Å². The van der Waals surface area contributed by atoms with Gasteiger partial charge in [-0.1, -0.05) is 0 Å². The SMILES string of the molecule is Cc1cn[c]([Sn][C](C)(C)C)s1. The molecule has 1 heterocycles. The summed E-state index contributed by atoms with van der Waals surface area (Å²) in [7, 11) is 0. The molecule has 0 N–H and O–H groups in total. The summed E-state index contributed by atoms with van der Waals surface area (Å²) in [5, 5.41) is 0. The molecule has 2 radical (unpaired) electrons. The van der Waals surface area contributed by atoms with E-state index in [4.69, 9.17) is 0 Å². The Kier molecular flexibility index (Phi) is 2.97. The predicted molar refractivity (Wildman–Crippen MR) is 52.0 cm³/mol. The summed E-state index contributed by atoms with van der Waals surface area (Å²) in [5.74, 6) is 0. The average molecular weight is 274 g/mol. The first kappa shape index (κ1) is 9.52. The van der Waals surface area contributed by atoms with Crippen molar-refractivity contribution >= 4 is 35.5 Å². The number of aryl methyl sites for hydroxylation is 1. The first-order valence-electron chi connectivity index (χ1n) is 3.68. The molecule has 0 atom stereocenters. The van der Waals surface area contributed by atoms with Crippen molar-refractivity contribution in [1.29, 1.82) is 0 Å². The van der Waals surface area contributed by atoms with Crippen LogP contribution in [0.1, 0.15) is 25.6 Å². The Balaban J connectivity index is 2.65. The maximum atomic E-state index is 4.40. The standard InChI is InChI=1S/C4H4NS.C4H9.Sn/c1-4-2-5-3-6-4;1-4(2)3;/h2H,1H3;1-3H3;. The quantitative estimate of drug-likeness (QED) is 0.714. The molecule has 0 spiro atoms. The topological polar surface area (TPSA) is 12.9 Å². The van der Waals surface area contributed by atoms with Gasteiger partial charge in [0.15, 0.2) is 0 Å². The maximum absolute atomic E-state index is 4.40. The van der Waals surface area contributed by atoms with Crippen LogP contribution in [0.4, 0.5) is 0 Å². The van der Waals surface area contributed by atoms with Crippen molar-refractivity contribution in [2.24, 2.45) is 0 Å². The minimum absolute atomic E-state index is 0.421. The number of nitrogens with zero attached hydrogens (tertiary/aromatic N) is 1. The van der Waals surface area contributed by atoms with Crippen LogP contribution in [0.5, 0.6) is 0 Å². The number of hydrogen-bond acceptors (Lipinski definition) is 2. The van der Waals surface area contributed by atoms with Crippen LogP contribution in [0.3, 0.4) is 0 Å². The Hall–Kier alpha value is 0.429. The molecule has 1 rings (SSSR count). The van der Waals surface area contributed by atoms with E-state index < -0.39 is 21.1 Å².